The number of halogens is 1. The molecule has 0 bridgehead atoms. The third-order valence-corrected chi connectivity index (χ3v) is 3.37. The van der Waals surface area contributed by atoms with Crippen molar-refractivity contribution in [2.24, 2.45) is 0 Å². The van der Waals surface area contributed by atoms with Gasteiger partial charge >= 0.3 is 0 Å². The summed E-state index contributed by atoms with van der Waals surface area (Å²) in [6, 6.07) is 5.20. The third kappa shape index (κ3) is 3.95. The van der Waals surface area contributed by atoms with Crippen LogP contribution in [0.1, 0.15) is 12.0 Å². The predicted octanol–water partition coefficient (Wildman–Crippen LogP) is 1.84. The average molecular weight is 297 g/mol. The van der Waals surface area contributed by atoms with E-state index in [9.17, 15) is 9.59 Å². The highest BCUT2D eigenvalue weighted by molar-refractivity contribution is 6.30. The molecular weight excluding hydrogens is 280 g/mol. The molecule has 1 aromatic rings. The van der Waals surface area contributed by atoms with Gasteiger partial charge in [-0.3, -0.25) is 9.59 Å². The number of nitrogens with one attached hydrogen (secondary N) is 1. The van der Waals surface area contributed by atoms with Crippen molar-refractivity contribution in [1.82, 2.24) is 4.90 Å². The minimum atomic E-state index is -0.313. The maximum absolute atomic E-state index is 11.9. The highest BCUT2D eigenvalue weighted by Gasteiger charge is 2.19. The molecule has 20 heavy (non-hydrogen) atoms. The van der Waals surface area contributed by atoms with Gasteiger partial charge in [0.15, 0.2) is 0 Å². The first-order chi connectivity index (χ1) is 9.56. The summed E-state index contributed by atoms with van der Waals surface area (Å²) < 4.78 is 5.17. The van der Waals surface area contributed by atoms with Crippen LogP contribution in [0.4, 0.5) is 5.69 Å². The summed E-state index contributed by atoms with van der Waals surface area (Å²) in [5, 5.41) is 3.35. The lowest BCUT2D eigenvalue weighted by molar-refractivity contribution is -0.138. The maximum atomic E-state index is 11.9. The Hall–Kier alpha value is -1.59. The molecule has 0 radical (unpaired) electrons. The van der Waals surface area contributed by atoms with Gasteiger partial charge in [-0.25, -0.2) is 0 Å². The Morgan fingerprint density at radius 1 is 1.35 bits per heavy atom. The van der Waals surface area contributed by atoms with Crippen LogP contribution < -0.4 is 5.32 Å². The SMILES string of the molecule is Cc1cc(Cl)ccc1NC(=O)CC(=O)N1CCOCC1. The van der Waals surface area contributed by atoms with Crippen molar-refractivity contribution < 1.29 is 14.3 Å². The van der Waals surface area contributed by atoms with Gasteiger partial charge in [-0.2, -0.15) is 0 Å². The second-order valence-corrected chi connectivity index (χ2v) is 5.11. The molecule has 0 aliphatic carbocycles. The maximum Gasteiger partial charge on any atom is 0.233 e. The lowest BCUT2D eigenvalue weighted by Gasteiger charge is -2.26. The third-order valence-electron chi connectivity index (χ3n) is 3.14. The number of aryl methyl sites for hydroxylation is 1. The second kappa shape index (κ2) is 6.72. The van der Waals surface area contributed by atoms with Crippen LogP contribution in [0.2, 0.25) is 5.02 Å². The molecule has 1 aliphatic rings. The topological polar surface area (TPSA) is 58.6 Å². The number of morpholine rings is 1. The van der Waals surface area contributed by atoms with E-state index in [1.807, 2.05) is 6.92 Å². The summed E-state index contributed by atoms with van der Waals surface area (Å²) >= 11 is 5.85. The second-order valence-electron chi connectivity index (χ2n) is 4.68. The summed E-state index contributed by atoms with van der Waals surface area (Å²) in [4.78, 5) is 25.5. The summed E-state index contributed by atoms with van der Waals surface area (Å²) in [5.74, 6) is -0.482. The van der Waals surface area contributed by atoms with Crippen molar-refractivity contribution in [2.75, 3.05) is 31.6 Å². The molecule has 1 aromatic carbocycles. The summed E-state index contributed by atoms with van der Waals surface area (Å²) in [6.45, 7) is 4.01. The molecule has 0 atom stereocenters. The lowest BCUT2D eigenvalue weighted by Crippen LogP contribution is -2.41. The normalized spacial score (nSPS) is 15.0. The number of carbonyl (C=O) groups excluding carboxylic acids is 2. The Bertz CT molecular complexity index is 513. The van der Waals surface area contributed by atoms with E-state index < -0.39 is 0 Å². The van der Waals surface area contributed by atoms with Crippen molar-refractivity contribution in [3.05, 3.63) is 28.8 Å². The molecule has 108 valence electrons. The van der Waals surface area contributed by atoms with Crippen molar-refractivity contribution >= 4 is 29.1 Å². The standard InChI is InChI=1S/C14H17ClN2O3/c1-10-8-11(15)2-3-12(10)16-13(18)9-14(19)17-4-6-20-7-5-17/h2-3,8H,4-7,9H2,1H3,(H,16,18). The van der Waals surface area contributed by atoms with E-state index in [0.717, 1.165) is 5.56 Å². The molecule has 5 nitrogen and oxygen atoms in total. The molecule has 6 heteroatoms. The van der Waals surface area contributed by atoms with E-state index in [4.69, 9.17) is 16.3 Å². The van der Waals surface area contributed by atoms with Gasteiger partial charge in [0.1, 0.15) is 6.42 Å². The largest absolute Gasteiger partial charge is 0.378 e. The zero-order chi connectivity index (χ0) is 14.5. The molecule has 1 saturated heterocycles. The van der Waals surface area contributed by atoms with Crippen LogP contribution in [0.3, 0.4) is 0 Å². The van der Waals surface area contributed by atoms with Crippen LogP contribution in [-0.4, -0.2) is 43.0 Å². The van der Waals surface area contributed by atoms with Gasteiger partial charge in [-0.05, 0) is 30.7 Å². The number of rotatable bonds is 3. The van der Waals surface area contributed by atoms with Crippen molar-refractivity contribution in [2.45, 2.75) is 13.3 Å². The zero-order valence-electron chi connectivity index (χ0n) is 11.3. The van der Waals surface area contributed by atoms with E-state index in [2.05, 4.69) is 5.32 Å². The van der Waals surface area contributed by atoms with Gasteiger partial charge in [0, 0.05) is 23.8 Å². The van der Waals surface area contributed by atoms with Gasteiger partial charge in [0.2, 0.25) is 11.8 Å². The fourth-order valence-electron chi connectivity index (χ4n) is 2.02. The van der Waals surface area contributed by atoms with Crippen molar-refractivity contribution in [3.8, 4) is 0 Å². The first-order valence-electron chi connectivity index (χ1n) is 6.48. The van der Waals surface area contributed by atoms with Crippen LogP contribution in [0.5, 0.6) is 0 Å². The Kier molecular flexibility index (Phi) is 4.98. The Morgan fingerprint density at radius 3 is 2.70 bits per heavy atom. The van der Waals surface area contributed by atoms with Gasteiger partial charge in [-0.15, -0.1) is 0 Å². The minimum absolute atomic E-state index is 0.151. The lowest BCUT2D eigenvalue weighted by atomic mass is 10.2. The molecule has 1 heterocycles. The van der Waals surface area contributed by atoms with Crippen molar-refractivity contribution in [1.29, 1.82) is 0 Å². The fraction of sp³-hybridized carbons (Fsp3) is 0.429. The average Bonchev–Trinajstić information content (AvgIpc) is 2.43. The van der Waals surface area contributed by atoms with Crippen LogP contribution in [-0.2, 0) is 14.3 Å². The minimum Gasteiger partial charge on any atom is -0.378 e. The van der Waals surface area contributed by atoms with E-state index in [0.29, 0.717) is 37.0 Å². The Balaban J connectivity index is 1.90. The molecule has 1 fully saturated rings. The number of ether oxygens (including phenoxy) is 1. The number of hydrogen-bond donors (Lipinski definition) is 1. The van der Waals surface area contributed by atoms with Gasteiger partial charge in [0.25, 0.3) is 0 Å². The highest BCUT2D eigenvalue weighted by atomic mass is 35.5. The molecule has 2 rings (SSSR count). The Labute approximate surface area is 122 Å². The first-order valence-corrected chi connectivity index (χ1v) is 6.85. The molecule has 0 aromatic heterocycles. The summed E-state index contributed by atoms with van der Waals surface area (Å²) in [6.07, 6.45) is -0.151. The van der Waals surface area contributed by atoms with E-state index in [-0.39, 0.29) is 18.2 Å². The van der Waals surface area contributed by atoms with Crippen LogP contribution in [0.25, 0.3) is 0 Å². The zero-order valence-corrected chi connectivity index (χ0v) is 12.1. The molecular formula is C14H17ClN2O3. The van der Waals surface area contributed by atoms with Gasteiger partial charge in [-0.1, -0.05) is 11.6 Å². The van der Waals surface area contributed by atoms with Gasteiger partial charge in [0.05, 0.1) is 13.2 Å². The molecule has 2 amide bonds. The van der Waals surface area contributed by atoms with Crippen molar-refractivity contribution in [3.63, 3.8) is 0 Å². The summed E-state index contributed by atoms with van der Waals surface area (Å²) in [7, 11) is 0. The number of amides is 2. The van der Waals surface area contributed by atoms with Crippen LogP contribution >= 0.6 is 11.6 Å². The predicted molar refractivity (Wildman–Crippen MR) is 76.8 cm³/mol. The fourth-order valence-corrected chi connectivity index (χ4v) is 2.25. The van der Waals surface area contributed by atoms with Gasteiger partial charge < -0.3 is 15.0 Å². The number of carbonyl (C=O) groups is 2. The van der Waals surface area contributed by atoms with E-state index >= 15 is 0 Å². The first kappa shape index (κ1) is 14.8. The Morgan fingerprint density at radius 2 is 2.05 bits per heavy atom. The van der Waals surface area contributed by atoms with Crippen LogP contribution in [0.15, 0.2) is 18.2 Å². The van der Waals surface area contributed by atoms with E-state index in [1.165, 1.54) is 0 Å². The number of benzene rings is 1. The van der Waals surface area contributed by atoms with E-state index in [1.54, 1.807) is 23.1 Å². The smallest absolute Gasteiger partial charge is 0.233 e. The summed E-state index contributed by atoms with van der Waals surface area (Å²) in [5.41, 5.74) is 1.54. The number of hydrogen-bond acceptors (Lipinski definition) is 3. The number of anilines is 1. The molecule has 1 aliphatic heterocycles. The quantitative estimate of drug-likeness (QED) is 0.866. The molecule has 0 saturated carbocycles. The molecule has 0 unspecified atom stereocenters. The molecule has 1 N–H and O–H groups in total. The number of nitrogens with zero attached hydrogens (tertiary/aromatic N) is 1. The molecule has 0 spiro atoms. The van der Waals surface area contributed by atoms with Crippen LogP contribution in [0, 0.1) is 6.92 Å². The monoisotopic (exact) mass is 296 g/mol. The highest BCUT2D eigenvalue weighted by Crippen LogP contribution is 2.19.